The molecular weight excluding hydrogens is 326 g/mol. The average molecular weight is 346 g/mol. The molecule has 5 nitrogen and oxygen atoms in total. The van der Waals surface area contributed by atoms with Crippen LogP contribution >= 0.6 is 11.6 Å². The number of carbonyl (C=O) groups excluding carboxylic acids is 2. The lowest BCUT2D eigenvalue weighted by molar-refractivity contribution is -0.116. The quantitative estimate of drug-likeness (QED) is 0.775. The third-order valence-corrected chi connectivity index (χ3v) is 3.99. The molecule has 0 saturated carbocycles. The van der Waals surface area contributed by atoms with Crippen LogP contribution in [0, 0.1) is 13.8 Å². The third-order valence-electron chi connectivity index (χ3n) is 3.66. The zero-order valence-corrected chi connectivity index (χ0v) is 14.6. The fourth-order valence-electron chi connectivity index (χ4n) is 2.23. The number of nitrogens with one attached hydrogen (secondary N) is 2. The maximum absolute atomic E-state index is 12.4. The van der Waals surface area contributed by atoms with Crippen molar-refractivity contribution < 1.29 is 9.59 Å². The molecule has 0 saturated heterocycles. The van der Waals surface area contributed by atoms with Crippen molar-refractivity contribution in [2.24, 2.45) is 5.73 Å². The van der Waals surface area contributed by atoms with Gasteiger partial charge in [0.2, 0.25) is 11.8 Å². The lowest BCUT2D eigenvalue weighted by Gasteiger charge is -2.17. The van der Waals surface area contributed by atoms with Crippen LogP contribution in [-0.4, -0.2) is 17.9 Å². The SMILES string of the molecule is Cc1ccc(C)c(NC(=O)[C@H](C)Nc2ccc(Cl)c(C(N)=O)c2)c1. The van der Waals surface area contributed by atoms with Crippen LogP contribution in [0.4, 0.5) is 11.4 Å². The van der Waals surface area contributed by atoms with Gasteiger partial charge in [0, 0.05) is 11.4 Å². The van der Waals surface area contributed by atoms with Gasteiger partial charge in [-0.1, -0.05) is 23.7 Å². The summed E-state index contributed by atoms with van der Waals surface area (Å²) in [7, 11) is 0. The molecule has 0 aliphatic rings. The molecule has 0 aromatic heterocycles. The Balaban J connectivity index is 2.10. The molecule has 2 rings (SSSR count). The first kappa shape index (κ1) is 17.8. The number of hydrogen-bond acceptors (Lipinski definition) is 3. The van der Waals surface area contributed by atoms with E-state index in [0.717, 1.165) is 16.8 Å². The minimum atomic E-state index is -0.615. The van der Waals surface area contributed by atoms with Crippen molar-refractivity contribution in [1.82, 2.24) is 0 Å². The largest absolute Gasteiger partial charge is 0.374 e. The normalized spacial score (nSPS) is 11.7. The van der Waals surface area contributed by atoms with Crippen molar-refractivity contribution in [1.29, 1.82) is 0 Å². The summed E-state index contributed by atoms with van der Waals surface area (Å²) in [5.41, 5.74) is 8.92. The number of halogens is 1. The van der Waals surface area contributed by atoms with E-state index in [9.17, 15) is 9.59 Å². The highest BCUT2D eigenvalue weighted by molar-refractivity contribution is 6.33. The Labute approximate surface area is 146 Å². The fourth-order valence-corrected chi connectivity index (χ4v) is 2.44. The molecule has 0 radical (unpaired) electrons. The number of benzene rings is 2. The predicted octanol–water partition coefficient (Wildman–Crippen LogP) is 3.49. The van der Waals surface area contributed by atoms with Crippen LogP contribution < -0.4 is 16.4 Å². The Kier molecular flexibility index (Phi) is 5.46. The van der Waals surface area contributed by atoms with E-state index in [4.69, 9.17) is 17.3 Å². The molecule has 0 heterocycles. The summed E-state index contributed by atoms with van der Waals surface area (Å²) in [4.78, 5) is 23.7. The van der Waals surface area contributed by atoms with Crippen LogP contribution in [0.5, 0.6) is 0 Å². The topological polar surface area (TPSA) is 84.2 Å². The minimum absolute atomic E-state index is 0.181. The average Bonchev–Trinajstić information content (AvgIpc) is 2.52. The molecule has 0 aliphatic carbocycles. The molecule has 4 N–H and O–H groups in total. The van der Waals surface area contributed by atoms with E-state index >= 15 is 0 Å². The van der Waals surface area contributed by atoms with Gasteiger partial charge >= 0.3 is 0 Å². The Morgan fingerprint density at radius 2 is 1.83 bits per heavy atom. The molecule has 0 aliphatic heterocycles. The van der Waals surface area contributed by atoms with Gasteiger partial charge in [0.05, 0.1) is 10.6 Å². The van der Waals surface area contributed by atoms with Crippen LogP contribution in [0.3, 0.4) is 0 Å². The minimum Gasteiger partial charge on any atom is -0.374 e. The molecule has 126 valence electrons. The van der Waals surface area contributed by atoms with Gasteiger partial charge in [-0.2, -0.15) is 0 Å². The van der Waals surface area contributed by atoms with E-state index in [1.807, 2.05) is 32.0 Å². The monoisotopic (exact) mass is 345 g/mol. The van der Waals surface area contributed by atoms with Crippen LogP contribution in [0.2, 0.25) is 5.02 Å². The van der Waals surface area contributed by atoms with E-state index in [1.54, 1.807) is 19.1 Å². The zero-order valence-electron chi connectivity index (χ0n) is 13.8. The maximum atomic E-state index is 12.4. The highest BCUT2D eigenvalue weighted by atomic mass is 35.5. The Hall–Kier alpha value is -2.53. The van der Waals surface area contributed by atoms with E-state index in [0.29, 0.717) is 5.69 Å². The number of amides is 2. The Morgan fingerprint density at radius 3 is 2.50 bits per heavy atom. The van der Waals surface area contributed by atoms with Crippen LogP contribution in [-0.2, 0) is 4.79 Å². The van der Waals surface area contributed by atoms with Crippen molar-refractivity contribution in [3.8, 4) is 0 Å². The zero-order chi connectivity index (χ0) is 17.9. The molecule has 2 aromatic rings. The summed E-state index contributed by atoms with van der Waals surface area (Å²) < 4.78 is 0. The second kappa shape index (κ2) is 7.36. The van der Waals surface area contributed by atoms with Gasteiger partial charge in [-0.3, -0.25) is 9.59 Å². The van der Waals surface area contributed by atoms with Gasteiger partial charge in [0.15, 0.2) is 0 Å². The Bertz CT molecular complexity index is 790. The molecule has 24 heavy (non-hydrogen) atoms. The summed E-state index contributed by atoms with van der Waals surface area (Å²) in [6.07, 6.45) is 0. The number of primary amides is 1. The molecule has 2 amide bonds. The van der Waals surface area contributed by atoms with Crippen molar-refractivity contribution in [3.05, 3.63) is 58.1 Å². The Morgan fingerprint density at radius 1 is 1.12 bits per heavy atom. The summed E-state index contributed by atoms with van der Waals surface area (Å²) in [6.45, 7) is 5.64. The first-order valence-corrected chi connectivity index (χ1v) is 7.89. The molecule has 0 fully saturated rings. The van der Waals surface area contributed by atoms with Gasteiger partial charge in [0.25, 0.3) is 0 Å². The first-order valence-electron chi connectivity index (χ1n) is 7.52. The highest BCUT2D eigenvalue weighted by Crippen LogP contribution is 2.21. The van der Waals surface area contributed by atoms with Gasteiger partial charge in [-0.15, -0.1) is 0 Å². The van der Waals surface area contributed by atoms with E-state index in [1.165, 1.54) is 6.07 Å². The summed E-state index contributed by atoms with van der Waals surface area (Å²) in [5, 5.41) is 6.22. The third kappa shape index (κ3) is 4.26. The van der Waals surface area contributed by atoms with Crippen LogP contribution in [0.25, 0.3) is 0 Å². The maximum Gasteiger partial charge on any atom is 0.250 e. The lowest BCUT2D eigenvalue weighted by atomic mass is 10.1. The van der Waals surface area contributed by atoms with Crippen LogP contribution in [0.1, 0.15) is 28.4 Å². The molecule has 1 atom stereocenters. The number of hydrogen-bond donors (Lipinski definition) is 3. The number of anilines is 2. The van der Waals surface area contributed by atoms with E-state index in [-0.39, 0.29) is 16.5 Å². The van der Waals surface area contributed by atoms with Gasteiger partial charge in [-0.25, -0.2) is 0 Å². The molecule has 0 spiro atoms. The van der Waals surface area contributed by atoms with Crippen molar-refractivity contribution in [3.63, 3.8) is 0 Å². The number of carbonyl (C=O) groups is 2. The molecule has 0 bridgehead atoms. The smallest absolute Gasteiger partial charge is 0.250 e. The molecule has 2 aromatic carbocycles. The second-order valence-corrected chi connectivity index (χ2v) is 6.14. The van der Waals surface area contributed by atoms with Gasteiger partial charge in [0.1, 0.15) is 6.04 Å². The van der Waals surface area contributed by atoms with E-state index < -0.39 is 11.9 Å². The standard InChI is InChI=1S/C18H20ClN3O2/c1-10-4-5-11(2)16(8-10)22-18(24)12(3)21-13-6-7-15(19)14(9-13)17(20)23/h4-9,12,21H,1-3H3,(H2,20,23)(H,22,24)/t12-/m0/s1. The number of aryl methyl sites for hydroxylation is 2. The number of nitrogens with two attached hydrogens (primary N) is 1. The molecule has 6 heteroatoms. The van der Waals surface area contributed by atoms with Crippen molar-refractivity contribution in [2.75, 3.05) is 10.6 Å². The first-order chi connectivity index (χ1) is 11.3. The summed E-state index contributed by atoms with van der Waals surface area (Å²) >= 11 is 5.92. The molecular formula is C18H20ClN3O2. The van der Waals surface area contributed by atoms with Gasteiger partial charge < -0.3 is 16.4 Å². The van der Waals surface area contributed by atoms with E-state index in [2.05, 4.69) is 10.6 Å². The lowest BCUT2D eigenvalue weighted by Crippen LogP contribution is -2.32. The van der Waals surface area contributed by atoms with Crippen LogP contribution in [0.15, 0.2) is 36.4 Å². The van der Waals surface area contributed by atoms with Gasteiger partial charge in [-0.05, 0) is 56.2 Å². The summed E-state index contributed by atoms with van der Waals surface area (Å²) in [5.74, 6) is -0.796. The predicted molar refractivity (Wildman–Crippen MR) is 97.6 cm³/mol. The number of rotatable bonds is 5. The fraction of sp³-hybridized carbons (Fsp3) is 0.222. The summed E-state index contributed by atoms with van der Waals surface area (Å²) in [6, 6.07) is 10.2. The highest BCUT2D eigenvalue weighted by Gasteiger charge is 2.15. The van der Waals surface area contributed by atoms with Crippen molar-refractivity contribution >= 4 is 34.8 Å². The molecule has 0 unspecified atom stereocenters. The second-order valence-electron chi connectivity index (χ2n) is 5.73. The van der Waals surface area contributed by atoms with Crippen molar-refractivity contribution in [2.45, 2.75) is 26.8 Å².